The molecule has 0 aromatic carbocycles. The van der Waals surface area contributed by atoms with Gasteiger partial charge in [-0.25, -0.2) is 4.98 Å². The van der Waals surface area contributed by atoms with Crippen LogP contribution in [0.5, 0.6) is 0 Å². The van der Waals surface area contributed by atoms with Gasteiger partial charge in [0.05, 0.1) is 17.6 Å². The summed E-state index contributed by atoms with van der Waals surface area (Å²) in [7, 11) is 0. The van der Waals surface area contributed by atoms with Gasteiger partial charge in [-0.3, -0.25) is 9.69 Å². The van der Waals surface area contributed by atoms with E-state index in [4.69, 9.17) is 9.51 Å². The number of hydrogen-bond donors (Lipinski definition) is 1. The van der Waals surface area contributed by atoms with E-state index in [1.54, 1.807) is 0 Å². The van der Waals surface area contributed by atoms with E-state index in [2.05, 4.69) is 22.0 Å². The van der Waals surface area contributed by atoms with Crippen LogP contribution in [0.3, 0.4) is 0 Å². The average molecular weight is 383 g/mol. The molecule has 1 amide bonds. The molecule has 0 bridgehead atoms. The molecule has 150 valence electrons. The maximum atomic E-state index is 13.2. The molecule has 1 aliphatic carbocycles. The molecule has 2 aliphatic heterocycles. The number of nitrogens with one attached hydrogen (secondary N) is 1. The molecule has 7 nitrogen and oxygen atoms in total. The van der Waals surface area contributed by atoms with Gasteiger partial charge in [0, 0.05) is 43.7 Å². The van der Waals surface area contributed by atoms with E-state index in [9.17, 15) is 4.79 Å². The Labute approximate surface area is 165 Å². The number of H-pyrrole nitrogens is 1. The number of imidazole rings is 1. The van der Waals surface area contributed by atoms with E-state index in [1.807, 2.05) is 11.2 Å². The van der Waals surface area contributed by atoms with Gasteiger partial charge in [0.25, 0.3) is 5.91 Å². The van der Waals surface area contributed by atoms with Crippen LogP contribution in [-0.4, -0.2) is 57.0 Å². The fraction of sp³-hybridized carbons (Fsp3) is 0.667. The molecule has 1 saturated heterocycles. The number of likely N-dealkylation sites (tertiary alicyclic amines) is 1. The van der Waals surface area contributed by atoms with E-state index in [0.29, 0.717) is 5.69 Å². The summed E-state index contributed by atoms with van der Waals surface area (Å²) < 4.78 is 5.47. The zero-order chi connectivity index (χ0) is 19.1. The summed E-state index contributed by atoms with van der Waals surface area (Å²) in [6.45, 7) is 5.87. The van der Waals surface area contributed by atoms with Crippen LogP contribution in [0.2, 0.25) is 0 Å². The minimum atomic E-state index is -0.0381. The third kappa shape index (κ3) is 2.70. The highest BCUT2D eigenvalue weighted by molar-refractivity contribution is 5.94. The van der Waals surface area contributed by atoms with E-state index < -0.39 is 0 Å². The summed E-state index contributed by atoms with van der Waals surface area (Å²) in [6, 6.07) is 0. The lowest BCUT2D eigenvalue weighted by Gasteiger charge is -2.50. The van der Waals surface area contributed by atoms with Crippen LogP contribution < -0.4 is 0 Å². The van der Waals surface area contributed by atoms with Crippen molar-refractivity contribution >= 4 is 5.91 Å². The summed E-state index contributed by atoms with van der Waals surface area (Å²) in [5, 5.41) is 4.16. The van der Waals surface area contributed by atoms with Crippen LogP contribution >= 0.6 is 0 Å². The second-order valence-electron chi connectivity index (χ2n) is 8.43. The Morgan fingerprint density at radius 1 is 1.21 bits per heavy atom. The normalized spacial score (nSPS) is 21.5. The molecule has 0 atom stereocenters. The second kappa shape index (κ2) is 7.03. The third-order valence-electron chi connectivity index (χ3n) is 6.92. The van der Waals surface area contributed by atoms with Crippen molar-refractivity contribution in [3.8, 4) is 0 Å². The Morgan fingerprint density at radius 2 is 2.04 bits per heavy atom. The van der Waals surface area contributed by atoms with Crippen molar-refractivity contribution in [2.24, 2.45) is 0 Å². The minimum Gasteiger partial charge on any atom is -0.360 e. The molecule has 4 heterocycles. The van der Waals surface area contributed by atoms with E-state index in [1.165, 1.54) is 11.4 Å². The molecule has 2 aromatic rings. The Morgan fingerprint density at radius 3 is 2.86 bits per heavy atom. The highest BCUT2D eigenvalue weighted by Crippen LogP contribution is 2.42. The monoisotopic (exact) mass is 383 g/mol. The van der Waals surface area contributed by atoms with Gasteiger partial charge in [0.1, 0.15) is 5.76 Å². The molecular weight excluding hydrogens is 354 g/mol. The number of aryl methyl sites for hydroxylation is 1. The molecular formula is C21H29N5O2. The number of hydrogen-bond acceptors (Lipinski definition) is 5. The maximum Gasteiger partial charge on any atom is 0.276 e. The number of aromatic nitrogens is 3. The first kappa shape index (κ1) is 17.9. The van der Waals surface area contributed by atoms with Gasteiger partial charge in [-0.2, -0.15) is 0 Å². The lowest BCUT2D eigenvalue weighted by Crippen LogP contribution is -2.57. The summed E-state index contributed by atoms with van der Waals surface area (Å²) >= 11 is 0. The van der Waals surface area contributed by atoms with Crippen molar-refractivity contribution in [1.82, 2.24) is 24.9 Å². The smallest absolute Gasteiger partial charge is 0.276 e. The standard InChI is InChI=1S/C21H29N5O2/c1-2-10-26-11-7-16-19(23-14-22-16)21(26)8-12-25(13-9-21)20(27)18-15-5-3-4-6-17(15)28-24-18/h14H,2-13H2,1H3,(H,22,23). The van der Waals surface area contributed by atoms with E-state index in [0.717, 1.165) is 88.9 Å². The average Bonchev–Trinajstić information content (AvgIpc) is 3.38. The first-order chi connectivity index (χ1) is 13.7. The highest BCUT2D eigenvalue weighted by atomic mass is 16.5. The lowest BCUT2D eigenvalue weighted by molar-refractivity contribution is 0.00675. The first-order valence-corrected chi connectivity index (χ1v) is 10.8. The molecule has 0 saturated carbocycles. The van der Waals surface area contributed by atoms with Gasteiger partial charge < -0.3 is 14.4 Å². The number of aromatic amines is 1. The number of rotatable bonds is 3. The predicted octanol–water partition coefficient (Wildman–Crippen LogP) is 2.68. The van der Waals surface area contributed by atoms with Gasteiger partial charge in [-0.1, -0.05) is 12.1 Å². The van der Waals surface area contributed by atoms with E-state index in [-0.39, 0.29) is 11.4 Å². The minimum absolute atomic E-state index is 0.0381. The topological polar surface area (TPSA) is 78.3 Å². The van der Waals surface area contributed by atoms with Crippen LogP contribution in [0.1, 0.15) is 72.2 Å². The largest absolute Gasteiger partial charge is 0.360 e. The quantitative estimate of drug-likeness (QED) is 0.882. The predicted molar refractivity (Wildman–Crippen MR) is 104 cm³/mol. The molecule has 0 unspecified atom stereocenters. The van der Waals surface area contributed by atoms with Gasteiger partial charge in [-0.05, 0) is 45.1 Å². The Bertz CT molecular complexity index is 862. The number of carbonyl (C=O) groups excluding carboxylic acids is 1. The van der Waals surface area contributed by atoms with Crippen molar-refractivity contribution < 1.29 is 9.32 Å². The van der Waals surface area contributed by atoms with Crippen molar-refractivity contribution in [2.75, 3.05) is 26.2 Å². The van der Waals surface area contributed by atoms with Crippen LogP contribution in [-0.2, 0) is 24.8 Å². The van der Waals surface area contributed by atoms with Gasteiger partial charge in [0.15, 0.2) is 5.69 Å². The maximum absolute atomic E-state index is 13.2. The third-order valence-corrected chi connectivity index (χ3v) is 6.92. The number of amides is 1. The molecule has 3 aliphatic rings. The number of fused-ring (bicyclic) bond motifs is 3. The molecule has 1 spiro atoms. The number of nitrogens with zero attached hydrogens (tertiary/aromatic N) is 4. The van der Waals surface area contributed by atoms with Crippen molar-refractivity contribution in [1.29, 1.82) is 0 Å². The first-order valence-electron chi connectivity index (χ1n) is 10.8. The zero-order valence-electron chi connectivity index (χ0n) is 16.7. The van der Waals surface area contributed by atoms with Crippen LogP contribution in [0.15, 0.2) is 10.9 Å². The Hall–Kier alpha value is -2.15. The Kier molecular flexibility index (Phi) is 4.50. The van der Waals surface area contributed by atoms with Gasteiger partial charge in [0.2, 0.25) is 0 Å². The lowest BCUT2D eigenvalue weighted by atomic mass is 9.78. The molecule has 2 aromatic heterocycles. The van der Waals surface area contributed by atoms with E-state index >= 15 is 0 Å². The van der Waals surface area contributed by atoms with Gasteiger partial charge >= 0.3 is 0 Å². The van der Waals surface area contributed by atoms with Crippen molar-refractivity contribution in [3.05, 3.63) is 34.7 Å². The van der Waals surface area contributed by atoms with Crippen LogP contribution in [0.25, 0.3) is 0 Å². The highest BCUT2D eigenvalue weighted by Gasteiger charge is 2.47. The van der Waals surface area contributed by atoms with Crippen LogP contribution in [0.4, 0.5) is 0 Å². The van der Waals surface area contributed by atoms with Crippen molar-refractivity contribution in [3.63, 3.8) is 0 Å². The summed E-state index contributed by atoms with van der Waals surface area (Å²) in [5.41, 5.74) is 4.05. The molecule has 0 radical (unpaired) electrons. The van der Waals surface area contributed by atoms with Gasteiger partial charge in [-0.15, -0.1) is 0 Å². The fourth-order valence-corrected chi connectivity index (χ4v) is 5.45. The molecule has 5 rings (SSSR count). The zero-order valence-corrected chi connectivity index (χ0v) is 16.7. The van der Waals surface area contributed by atoms with Crippen LogP contribution in [0, 0.1) is 0 Å². The molecule has 28 heavy (non-hydrogen) atoms. The number of piperidine rings is 1. The fourth-order valence-electron chi connectivity index (χ4n) is 5.45. The SMILES string of the molecule is CCCN1CCc2[nH]cnc2C12CCN(C(=O)c1noc3c1CCCC3)CC2. The Balaban J connectivity index is 1.37. The summed E-state index contributed by atoms with van der Waals surface area (Å²) in [5.74, 6) is 0.965. The second-order valence-corrected chi connectivity index (χ2v) is 8.43. The molecule has 7 heteroatoms. The number of carbonyl (C=O) groups is 1. The molecule has 1 fully saturated rings. The molecule has 1 N–H and O–H groups in total. The van der Waals surface area contributed by atoms with Crippen molar-refractivity contribution in [2.45, 2.75) is 63.8 Å². The summed E-state index contributed by atoms with van der Waals surface area (Å²) in [6.07, 6.45) is 9.92. The summed E-state index contributed by atoms with van der Waals surface area (Å²) in [4.78, 5) is 25.8.